The average molecular weight is 226 g/mol. The van der Waals surface area contributed by atoms with Gasteiger partial charge in [-0.2, -0.15) is 0 Å². The molecule has 0 aromatic heterocycles. The molecule has 2 nitrogen and oxygen atoms in total. The van der Waals surface area contributed by atoms with Crippen LogP contribution in [0, 0.1) is 5.82 Å². The van der Waals surface area contributed by atoms with Crippen molar-refractivity contribution in [3.8, 4) is 5.75 Å². The van der Waals surface area contributed by atoms with E-state index in [4.69, 9.17) is 9.47 Å². The van der Waals surface area contributed by atoms with Crippen molar-refractivity contribution in [2.45, 2.75) is 26.2 Å². The van der Waals surface area contributed by atoms with Gasteiger partial charge in [0, 0.05) is 7.11 Å². The smallest absolute Gasteiger partial charge is 0.127 e. The monoisotopic (exact) mass is 226 g/mol. The van der Waals surface area contributed by atoms with Crippen molar-refractivity contribution in [1.82, 2.24) is 0 Å². The predicted molar refractivity (Wildman–Crippen MR) is 62.5 cm³/mol. The van der Waals surface area contributed by atoms with Gasteiger partial charge in [0.15, 0.2) is 0 Å². The molecule has 0 aliphatic carbocycles. The Kier molecular flexibility index (Phi) is 4.30. The third-order valence-electron chi connectivity index (χ3n) is 2.30. The minimum Gasteiger partial charge on any atom is -0.491 e. The molecule has 0 bridgehead atoms. The Labute approximate surface area is 96.4 Å². The van der Waals surface area contributed by atoms with Crippen molar-refractivity contribution in [1.29, 1.82) is 0 Å². The van der Waals surface area contributed by atoms with E-state index in [-0.39, 0.29) is 11.2 Å². The zero-order valence-corrected chi connectivity index (χ0v) is 10.3. The zero-order valence-electron chi connectivity index (χ0n) is 10.3. The van der Waals surface area contributed by atoms with Gasteiger partial charge in [-0.25, -0.2) is 4.39 Å². The number of halogens is 1. The summed E-state index contributed by atoms with van der Waals surface area (Å²) in [6.07, 6.45) is 0. The summed E-state index contributed by atoms with van der Waals surface area (Å²) in [6, 6.07) is 4.84. The van der Waals surface area contributed by atoms with Crippen LogP contribution in [0.5, 0.6) is 5.75 Å². The van der Waals surface area contributed by atoms with E-state index >= 15 is 0 Å². The highest BCUT2D eigenvalue weighted by molar-refractivity contribution is 5.33. The van der Waals surface area contributed by atoms with E-state index in [2.05, 4.69) is 0 Å². The summed E-state index contributed by atoms with van der Waals surface area (Å²) in [6.45, 7) is 6.94. The van der Waals surface area contributed by atoms with E-state index < -0.39 is 0 Å². The summed E-state index contributed by atoms with van der Waals surface area (Å²) in [4.78, 5) is 0. The van der Waals surface area contributed by atoms with Crippen molar-refractivity contribution >= 4 is 0 Å². The number of hydrogen-bond donors (Lipinski definition) is 0. The number of methoxy groups -OCH3 is 1. The van der Waals surface area contributed by atoms with Crippen molar-refractivity contribution in [2.75, 3.05) is 20.3 Å². The molecule has 90 valence electrons. The first kappa shape index (κ1) is 13.0. The fourth-order valence-electron chi connectivity index (χ4n) is 1.41. The van der Waals surface area contributed by atoms with Crippen LogP contribution in [0.1, 0.15) is 26.3 Å². The second-order valence-electron chi connectivity index (χ2n) is 4.73. The lowest BCUT2D eigenvalue weighted by atomic mass is 9.86. The maximum Gasteiger partial charge on any atom is 0.127 e. The van der Waals surface area contributed by atoms with Crippen LogP contribution in [0.3, 0.4) is 0 Å². The molecule has 0 aliphatic rings. The van der Waals surface area contributed by atoms with Crippen LogP contribution in [-0.2, 0) is 10.2 Å². The maximum atomic E-state index is 13.6. The Hall–Kier alpha value is -1.09. The molecular formula is C13H19FO2. The fourth-order valence-corrected chi connectivity index (χ4v) is 1.41. The van der Waals surface area contributed by atoms with E-state index in [0.717, 1.165) is 0 Å². The Morgan fingerprint density at radius 3 is 2.44 bits per heavy atom. The van der Waals surface area contributed by atoms with Crippen LogP contribution in [0.2, 0.25) is 0 Å². The molecule has 3 heteroatoms. The van der Waals surface area contributed by atoms with Gasteiger partial charge in [-0.15, -0.1) is 0 Å². The molecule has 0 saturated carbocycles. The molecule has 1 aromatic carbocycles. The van der Waals surface area contributed by atoms with Gasteiger partial charge < -0.3 is 9.47 Å². The Morgan fingerprint density at radius 1 is 1.19 bits per heavy atom. The standard InChI is InChI=1S/C13H19FO2/c1-13(2,3)11-9-10(5-6-12(11)14)16-8-7-15-4/h5-6,9H,7-8H2,1-4H3. The van der Waals surface area contributed by atoms with Crippen molar-refractivity contribution in [2.24, 2.45) is 0 Å². The van der Waals surface area contributed by atoms with Gasteiger partial charge in [0.05, 0.1) is 6.61 Å². The number of ether oxygens (including phenoxy) is 2. The summed E-state index contributed by atoms with van der Waals surface area (Å²) in [5.74, 6) is 0.495. The van der Waals surface area contributed by atoms with E-state index in [1.165, 1.54) is 6.07 Å². The van der Waals surface area contributed by atoms with Crippen LogP contribution < -0.4 is 4.74 Å². The lowest BCUT2D eigenvalue weighted by molar-refractivity contribution is 0.146. The number of benzene rings is 1. The van der Waals surface area contributed by atoms with Gasteiger partial charge in [0.2, 0.25) is 0 Å². The molecule has 1 aromatic rings. The molecule has 0 radical (unpaired) electrons. The van der Waals surface area contributed by atoms with Gasteiger partial charge in [0.25, 0.3) is 0 Å². The molecule has 0 unspecified atom stereocenters. The fraction of sp³-hybridized carbons (Fsp3) is 0.538. The first-order valence-corrected chi connectivity index (χ1v) is 5.37. The second-order valence-corrected chi connectivity index (χ2v) is 4.73. The van der Waals surface area contributed by atoms with Gasteiger partial charge >= 0.3 is 0 Å². The molecule has 0 amide bonds. The average Bonchev–Trinajstić information content (AvgIpc) is 2.19. The predicted octanol–water partition coefficient (Wildman–Crippen LogP) is 3.15. The molecule has 1 rings (SSSR count). The highest BCUT2D eigenvalue weighted by Crippen LogP contribution is 2.28. The normalized spacial score (nSPS) is 11.6. The Morgan fingerprint density at radius 2 is 1.88 bits per heavy atom. The molecular weight excluding hydrogens is 207 g/mol. The minimum absolute atomic E-state index is 0.188. The summed E-state index contributed by atoms with van der Waals surface area (Å²) < 4.78 is 23.9. The van der Waals surface area contributed by atoms with Crippen LogP contribution in [0.4, 0.5) is 4.39 Å². The highest BCUT2D eigenvalue weighted by atomic mass is 19.1. The highest BCUT2D eigenvalue weighted by Gasteiger charge is 2.18. The van der Waals surface area contributed by atoms with E-state index in [9.17, 15) is 4.39 Å². The quantitative estimate of drug-likeness (QED) is 0.734. The Bertz CT molecular complexity index is 342. The summed E-state index contributed by atoms with van der Waals surface area (Å²) in [5, 5.41) is 0. The summed E-state index contributed by atoms with van der Waals surface area (Å²) in [7, 11) is 1.62. The maximum absolute atomic E-state index is 13.6. The zero-order chi connectivity index (χ0) is 12.2. The van der Waals surface area contributed by atoms with Crippen molar-refractivity contribution in [3.05, 3.63) is 29.6 Å². The molecule has 0 fully saturated rings. The van der Waals surface area contributed by atoms with Gasteiger partial charge in [-0.05, 0) is 29.2 Å². The molecule has 16 heavy (non-hydrogen) atoms. The van der Waals surface area contributed by atoms with E-state index in [0.29, 0.717) is 24.5 Å². The number of hydrogen-bond acceptors (Lipinski definition) is 2. The van der Waals surface area contributed by atoms with Crippen LogP contribution in [0.25, 0.3) is 0 Å². The van der Waals surface area contributed by atoms with E-state index in [1.54, 1.807) is 19.2 Å². The Balaban J connectivity index is 2.82. The molecule has 0 saturated heterocycles. The molecule has 0 N–H and O–H groups in total. The van der Waals surface area contributed by atoms with Crippen LogP contribution in [0.15, 0.2) is 18.2 Å². The van der Waals surface area contributed by atoms with Crippen molar-refractivity contribution in [3.63, 3.8) is 0 Å². The van der Waals surface area contributed by atoms with Gasteiger partial charge in [-0.3, -0.25) is 0 Å². The van der Waals surface area contributed by atoms with Crippen LogP contribution in [-0.4, -0.2) is 20.3 Å². The van der Waals surface area contributed by atoms with Crippen LogP contribution >= 0.6 is 0 Å². The summed E-state index contributed by atoms with van der Waals surface area (Å²) in [5.41, 5.74) is 0.451. The largest absolute Gasteiger partial charge is 0.491 e. The third kappa shape index (κ3) is 3.49. The SMILES string of the molecule is COCCOc1ccc(F)c(C(C)(C)C)c1. The second kappa shape index (κ2) is 5.30. The lowest BCUT2D eigenvalue weighted by Crippen LogP contribution is -2.14. The molecule has 0 spiro atoms. The van der Waals surface area contributed by atoms with Gasteiger partial charge in [0.1, 0.15) is 18.2 Å². The molecule has 0 aliphatic heterocycles. The van der Waals surface area contributed by atoms with Gasteiger partial charge in [-0.1, -0.05) is 20.8 Å². The number of rotatable bonds is 4. The molecule has 0 heterocycles. The first-order chi connectivity index (χ1) is 7.45. The lowest BCUT2D eigenvalue weighted by Gasteiger charge is -2.20. The summed E-state index contributed by atoms with van der Waals surface area (Å²) >= 11 is 0. The van der Waals surface area contributed by atoms with Crippen molar-refractivity contribution < 1.29 is 13.9 Å². The first-order valence-electron chi connectivity index (χ1n) is 5.37. The van der Waals surface area contributed by atoms with E-state index in [1.807, 2.05) is 20.8 Å². The molecule has 0 atom stereocenters. The minimum atomic E-state index is -0.218. The topological polar surface area (TPSA) is 18.5 Å². The third-order valence-corrected chi connectivity index (χ3v) is 2.30.